The second-order valence-electron chi connectivity index (χ2n) is 8.48. The summed E-state index contributed by atoms with van der Waals surface area (Å²) in [6.45, 7) is 8.99. The van der Waals surface area contributed by atoms with Crippen molar-refractivity contribution in [2.24, 2.45) is 5.73 Å². The Morgan fingerprint density at radius 1 is 1.13 bits per heavy atom. The Morgan fingerprint density at radius 2 is 1.84 bits per heavy atom. The summed E-state index contributed by atoms with van der Waals surface area (Å²) < 4.78 is 1.93. The largest absolute Gasteiger partial charge is 0.364 e. The van der Waals surface area contributed by atoms with Gasteiger partial charge in [-0.15, -0.1) is 0 Å². The summed E-state index contributed by atoms with van der Waals surface area (Å²) in [6, 6.07) is 14.4. The molecular formula is C26H32ClN3O. The van der Waals surface area contributed by atoms with Crippen molar-refractivity contribution in [2.45, 2.75) is 65.8 Å². The second kappa shape index (κ2) is 10.1. The Kier molecular flexibility index (Phi) is 7.55. The minimum atomic E-state index is -0.480. The molecule has 1 unspecified atom stereocenters. The molecule has 0 radical (unpaired) electrons. The molecule has 1 aromatic heterocycles. The monoisotopic (exact) mass is 437 g/mol. The number of nitrogens with two attached hydrogens (primary N) is 1. The summed E-state index contributed by atoms with van der Waals surface area (Å²) in [5.74, 6) is -0.307. The van der Waals surface area contributed by atoms with Gasteiger partial charge in [0, 0.05) is 16.1 Å². The molecule has 1 amide bonds. The molecule has 5 heteroatoms. The fraction of sp³-hybridized carbons (Fsp3) is 0.385. The maximum absolute atomic E-state index is 12.4. The highest BCUT2D eigenvalue weighted by atomic mass is 35.5. The number of nitrogens with zero attached hydrogens (tertiary/aromatic N) is 2. The van der Waals surface area contributed by atoms with Gasteiger partial charge in [0.05, 0.1) is 12.2 Å². The summed E-state index contributed by atoms with van der Waals surface area (Å²) >= 11 is 6.30. The van der Waals surface area contributed by atoms with Gasteiger partial charge in [0.2, 0.25) is 0 Å². The molecule has 0 aliphatic carbocycles. The lowest BCUT2D eigenvalue weighted by molar-refractivity contribution is 0.0993. The van der Waals surface area contributed by atoms with E-state index in [1.54, 1.807) is 0 Å². The van der Waals surface area contributed by atoms with Crippen molar-refractivity contribution in [3.05, 3.63) is 75.4 Å². The van der Waals surface area contributed by atoms with Crippen LogP contribution in [0.1, 0.15) is 78.2 Å². The predicted octanol–water partition coefficient (Wildman–Crippen LogP) is 6.65. The van der Waals surface area contributed by atoms with E-state index in [4.69, 9.17) is 22.4 Å². The van der Waals surface area contributed by atoms with Crippen LogP contribution in [0.25, 0.3) is 11.3 Å². The first kappa shape index (κ1) is 23.1. The van der Waals surface area contributed by atoms with Crippen molar-refractivity contribution in [3.8, 4) is 11.3 Å². The first-order valence-electron chi connectivity index (χ1n) is 11.0. The number of hydrogen-bond donors (Lipinski definition) is 1. The number of benzene rings is 2. The van der Waals surface area contributed by atoms with Crippen molar-refractivity contribution in [1.82, 2.24) is 9.78 Å². The fourth-order valence-electron chi connectivity index (χ4n) is 4.05. The zero-order valence-electron chi connectivity index (χ0n) is 18.9. The highest BCUT2D eigenvalue weighted by Crippen LogP contribution is 2.36. The van der Waals surface area contributed by atoms with Crippen molar-refractivity contribution in [1.29, 1.82) is 0 Å². The van der Waals surface area contributed by atoms with Gasteiger partial charge in [-0.05, 0) is 49.4 Å². The number of aromatic nitrogens is 2. The number of amides is 1. The Balaban J connectivity index is 2.16. The van der Waals surface area contributed by atoms with Crippen LogP contribution < -0.4 is 5.73 Å². The minimum absolute atomic E-state index is 0.173. The summed E-state index contributed by atoms with van der Waals surface area (Å²) in [4.78, 5) is 12.4. The smallest absolute Gasteiger partial charge is 0.269 e. The number of halogens is 1. The summed E-state index contributed by atoms with van der Waals surface area (Å²) in [7, 11) is 0. The first-order valence-corrected chi connectivity index (χ1v) is 11.4. The van der Waals surface area contributed by atoms with Gasteiger partial charge in [0.25, 0.3) is 5.91 Å². The van der Waals surface area contributed by atoms with Crippen LogP contribution in [0.2, 0.25) is 5.02 Å². The standard InChI is InChI=1S/C26H32ClN3O/c1-5-6-7-8-18(3)23-24(26(28)31)29-30(16-20-11-9-17(2)10-12-20)25(23)21-13-14-22(27)19(4)15-21/h9-15,18H,5-8,16H2,1-4H3,(H2,28,31). The zero-order chi connectivity index (χ0) is 22.5. The zero-order valence-corrected chi connectivity index (χ0v) is 19.7. The topological polar surface area (TPSA) is 60.9 Å². The Hall–Kier alpha value is -2.59. The van der Waals surface area contributed by atoms with Gasteiger partial charge in [-0.3, -0.25) is 9.48 Å². The molecule has 2 aromatic carbocycles. The van der Waals surface area contributed by atoms with E-state index in [0.29, 0.717) is 12.2 Å². The highest BCUT2D eigenvalue weighted by Gasteiger charge is 2.26. The van der Waals surface area contributed by atoms with Crippen LogP contribution in [0.3, 0.4) is 0 Å². The molecule has 1 atom stereocenters. The maximum Gasteiger partial charge on any atom is 0.269 e. The van der Waals surface area contributed by atoms with Crippen LogP contribution in [0.15, 0.2) is 42.5 Å². The van der Waals surface area contributed by atoms with E-state index < -0.39 is 5.91 Å². The maximum atomic E-state index is 12.4. The molecule has 4 nitrogen and oxygen atoms in total. The third-order valence-corrected chi connectivity index (χ3v) is 6.26. The predicted molar refractivity (Wildman–Crippen MR) is 129 cm³/mol. The average molecular weight is 438 g/mol. The molecule has 31 heavy (non-hydrogen) atoms. The van der Waals surface area contributed by atoms with Crippen LogP contribution in [0.4, 0.5) is 0 Å². The van der Waals surface area contributed by atoms with Gasteiger partial charge >= 0.3 is 0 Å². The van der Waals surface area contributed by atoms with Crippen LogP contribution in [-0.4, -0.2) is 15.7 Å². The number of carbonyl (C=O) groups excluding carboxylic acids is 1. The molecule has 1 heterocycles. The Labute approximate surface area is 190 Å². The van der Waals surface area contributed by atoms with Gasteiger partial charge in [0.15, 0.2) is 5.69 Å². The van der Waals surface area contributed by atoms with Crippen molar-refractivity contribution >= 4 is 17.5 Å². The molecule has 0 saturated carbocycles. The van der Waals surface area contributed by atoms with Crippen LogP contribution in [-0.2, 0) is 6.54 Å². The van der Waals surface area contributed by atoms with Gasteiger partial charge in [-0.2, -0.15) is 5.10 Å². The van der Waals surface area contributed by atoms with Crippen molar-refractivity contribution < 1.29 is 4.79 Å². The molecule has 0 saturated heterocycles. The van der Waals surface area contributed by atoms with Crippen LogP contribution in [0, 0.1) is 13.8 Å². The third kappa shape index (κ3) is 5.37. The second-order valence-corrected chi connectivity index (χ2v) is 8.89. The highest BCUT2D eigenvalue weighted by molar-refractivity contribution is 6.31. The van der Waals surface area contributed by atoms with E-state index in [-0.39, 0.29) is 5.92 Å². The van der Waals surface area contributed by atoms with Crippen LogP contribution >= 0.6 is 11.6 Å². The number of rotatable bonds is 9. The molecule has 3 aromatic rings. The van der Waals surface area contributed by atoms with E-state index in [1.807, 2.05) is 23.7 Å². The SMILES string of the molecule is CCCCCC(C)c1c(C(N)=O)nn(Cc2ccc(C)cc2)c1-c1ccc(Cl)c(C)c1. The number of aryl methyl sites for hydroxylation is 2. The molecule has 164 valence electrons. The first-order chi connectivity index (χ1) is 14.8. The fourth-order valence-corrected chi connectivity index (χ4v) is 4.16. The van der Waals surface area contributed by atoms with E-state index in [1.165, 1.54) is 12.0 Å². The summed E-state index contributed by atoms with van der Waals surface area (Å²) in [6.07, 6.45) is 4.43. The molecular weight excluding hydrogens is 406 g/mol. The minimum Gasteiger partial charge on any atom is -0.364 e. The number of carbonyl (C=O) groups is 1. The van der Waals surface area contributed by atoms with E-state index in [0.717, 1.165) is 52.2 Å². The normalized spacial score (nSPS) is 12.2. The number of unbranched alkanes of at least 4 members (excludes halogenated alkanes) is 2. The lowest BCUT2D eigenvalue weighted by Gasteiger charge is -2.16. The number of primary amides is 1. The van der Waals surface area contributed by atoms with Crippen molar-refractivity contribution in [2.75, 3.05) is 0 Å². The lowest BCUT2D eigenvalue weighted by atomic mass is 9.90. The third-order valence-electron chi connectivity index (χ3n) is 5.84. The van der Waals surface area contributed by atoms with Crippen molar-refractivity contribution in [3.63, 3.8) is 0 Å². The van der Waals surface area contributed by atoms with Gasteiger partial charge in [-0.1, -0.05) is 80.6 Å². The molecule has 0 aliphatic rings. The molecule has 0 spiro atoms. The Morgan fingerprint density at radius 3 is 2.45 bits per heavy atom. The van der Waals surface area contributed by atoms with E-state index in [2.05, 4.69) is 51.1 Å². The molecule has 0 aliphatic heterocycles. The molecule has 0 bridgehead atoms. The van der Waals surface area contributed by atoms with Gasteiger partial charge in [0.1, 0.15) is 0 Å². The van der Waals surface area contributed by atoms with Crippen LogP contribution in [0.5, 0.6) is 0 Å². The molecule has 2 N–H and O–H groups in total. The lowest BCUT2D eigenvalue weighted by Crippen LogP contribution is -2.15. The Bertz CT molecular complexity index is 1050. The molecule has 3 rings (SSSR count). The van der Waals surface area contributed by atoms with E-state index >= 15 is 0 Å². The van der Waals surface area contributed by atoms with Gasteiger partial charge < -0.3 is 5.73 Å². The number of hydrogen-bond acceptors (Lipinski definition) is 2. The summed E-state index contributed by atoms with van der Waals surface area (Å²) in [5, 5.41) is 5.44. The van der Waals surface area contributed by atoms with Gasteiger partial charge in [-0.25, -0.2) is 0 Å². The average Bonchev–Trinajstić information content (AvgIpc) is 3.11. The molecule has 0 fully saturated rings. The quantitative estimate of drug-likeness (QED) is 0.381. The van der Waals surface area contributed by atoms with E-state index in [9.17, 15) is 4.79 Å². The summed E-state index contributed by atoms with van der Waals surface area (Å²) in [5.41, 5.74) is 12.4.